The van der Waals surface area contributed by atoms with E-state index in [1.54, 1.807) is 0 Å². The molecule has 1 N–H and O–H groups in total. The minimum absolute atomic E-state index is 0.244. The molecular weight excluding hydrogens is 228 g/mol. The second-order valence-electron chi connectivity index (χ2n) is 5.74. The molecule has 0 aromatic rings. The summed E-state index contributed by atoms with van der Waals surface area (Å²) in [5, 5.41) is 9.36. The van der Waals surface area contributed by atoms with Crippen molar-refractivity contribution in [3.05, 3.63) is 0 Å². The van der Waals surface area contributed by atoms with Crippen molar-refractivity contribution in [1.82, 2.24) is 9.80 Å². The third-order valence-electron chi connectivity index (χ3n) is 4.59. The van der Waals surface area contributed by atoms with Crippen LogP contribution in [-0.4, -0.2) is 59.6 Å². The highest BCUT2D eigenvalue weighted by atomic mass is 16.4. The van der Waals surface area contributed by atoms with Gasteiger partial charge in [-0.3, -0.25) is 9.69 Å². The normalized spacial score (nSPS) is 30.7. The highest BCUT2D eigenvalue weighted by molar-refractivity contribution is 5.73. The summed E-state index contributed by atoms with van der Waals surface area (Å²) < 4.78 is 0. The number of carboxylic acid groups (broad SMARTS) is 1. The van der Waals surface area contributed by atoms with E-state index in [1.807, 2.05) is 0 Å². The summed E-state index contributed by atoms with van der Waals surface area (Å²) in [5.41, 5.74) is 0. The first-order valence-electron chi connectivity index (χ1n) is 7.40. The van der Waals surface area contributed by atoms with Gasteiger partial charge in [0, 0.05) is 13.1 Å². The fraction of sp³-hybridized carbons (Fsp3) is 0.929. The van der Waals surface area contributed by atoms with E-state index in [0.29, 0.717) is 5.92 Å². The summed E-state index contributed by atoms with van der Waals surface area (Å²) in [4.78, 5) is 16.0. The van der Waals surface area contributed by atoms with Gasteiger partial charge in [-0.1, -0.05) is 13.3 Å². The van der Waals surface area contributed by atoms with Gasteiger partial charge in [0.2, 0.25) is 0 Å². The Morgan fingerprint density at radius 2 is 1.94 bits per heavy atom. The number of likely N-dealkylation sites (tertiary alicyclic amines) is 2. The average Bonchev–Trinajstić information content (AvgIpc) is 2.89. The SMILES string of the molecule is CCC1CCN(CCN2CCCC2)C(C(=O)O)C1. The summed E-state index contributed by atoms with van der Waals surface area (Å²) >= 11 is 0. The number of hydrogen-bond donors (Lipinski definition) is 1. The number of aliphatic carboxylic acids is 1. The van der Waals surface area contributed by atoms with Crippen LogP contribution in [-0.2, 0) is 4.79 Å². The molecular formula is C14H26N2O2. The van der Waals surface area contributed by atoms with Crippen LogP contribution < -0.4 is 0 Å². The molecule has 2 aliphatic rings. The van der Waals surface area contributed by atoms with Crippen molar-refractivity contribution in [3.63, 3.8) is 0 Å². The minimum Gasteiger partial charge on any atom is -0.480 e. The van der Waals surface area contributed by atoms with E-state index in [2.05, 4.69) is 16.7 Å². The summed E-state index contributed by atoms with van der Waals surface area (Å²) in [6.45, 7) is 7.49. The van der Waals surface area contributed by atoms with E-state index in [0.717, 1.165) is 32.5 Å². The lowest BCUT2D eigenvalue weighted by Crippen LogP contribution is -2.49. The van der Waals surface area contributed by atoms with Crippen molar-refractivity contribution in [3.8, 4) is 0 Å². The molecule has 2 unspecified atom stereocenters. The van der Waals surface area contributed by atoms with Crippen LogP contribution in [0.5, 0.6) is 0 Å². The number of nitrogens with zero attached hydrogens (tertiary/aromatic N) is 2. The summed E-state index contributed by atoms with van der Waals surface area (Å²) in [5.74, 6) is -0.0243. The Hall–Kier alpha value is -0.610. The van der Waals surface area contributed by atoms with Crippen LogP contribution in [0.15, 0.2) is 0 Å². The molecule has 0 aliphatic carbocycles. The molecule has 2 rings (SSSR count). The number of carbonyl (C=O) groups is 1. The second kappa shape index (κ2) is 6.53. The Morgan fingerprint density at radius 1 is 1.22 bits per heavy atom. The van der Waals surface area contributed by atoms with E-state index < -0.39 is 5.97 Å². The standard InChI is InChI=1S/C14H26N2O2/c1-2-12-5-8-16(13(11-12)14(17)18)10-9-15-6-3-4-7-15/h12-13H,2-11H2,1H3,(H,17,18). The van der Waals surface area contributed by atoms with Crippen LogP contribution in [0.2, 0.25) is 0 Å². The van der Waals surface area contributed by atoms with Crippen molar-refractivity contribution in [2.75, 3.05) is 32.7 Å². The Morgan fingerprint density at radius 3 is 2.56 bits per heavy atom. The van der Waals surface area contributed by atoms with Crippen molar-refractivity contribution < 1.29 is 9.90 Å². The second-order valence-corrected chi connectivity index (χ2v) is 5.74. The smallest absolute Gasteiger partial charge is 0.320 e. The van der Waals surface area contributed by atoms with Crippen LogP contribution in [0.4, 0.5) is 0 Å². The predicted octanol–water partition coefficient (Wildman–Crippen LogP) is 1.66. The molecule has 2 saturated heterocycles. The molecule has 0 aromatic carbocycles. The largest absolute Gasteiger partial charge is 0.480 e. The Labute approximate surface area is 110 Å². The maximum atomic E-state index is 11.4. The number of carboxylic acids is 1. The molecule has 2 aliphatic heterocycles. The van der Waals surface area contributed by atoms with E-state index in [9.17, 15) is 9.90 Å². The fourth-order valence-electron chi connectivity index (χ4n) is 3.26. The van der Waals surface area contributed by atoms with E-state index >= 15 is 0 Å². The maximum Gasteiger partial charge on any atom is 0.320 e. The van der Waals surface area contributed by atoms with Gasteiger partial charge in [0.25, 0.3) is 0 Å². The van der Waals surface area contributed by atoms with Crippen LogP contribution in [0.25, 0.3) is 0 Å². The first-order valence-corrected chi connectivity index (χ1v) is 7.40. The molecule has 0 radical (unpaired) electrons. The number of rotatable bonds is 5. The maximum absolute atomic E-state index is 11.4. The molecule has 18 heavy (non-hydrogen) atoms. The minimum atomic E-state index is -0.630. The topological polar surface area (TPSA) is 43.8 Å². The third-order valence-corrected chi connectivity index (χ3v) is 4.59. The van der Waals surface area contributed by atoms with Gasteiger partial charge in [-0.05, 0) is 51.2 Å². The van der Waals surface area contributed by atoms with Crippen LogP contribution in [0, 0.1) is 5.92 Å². The fourth-order valence-corrected chi connectivity index (χ4v) is 3.26. The molecule has 4 nitrogen and oxygen atoms in total. The quantitative estimate of drug-likeness (QED) is 0.810. The lowest BCUT2D eigenvalue weighted by atomic mass is 9.89. The van der Waals surface area contributed by atoms with Crippen molar-refractivity contribution in [2.24, 2.45) is 5.92 Å². The van der Waals surface area contributed by atoms with Gasteiger partial charge in [0.1, 0.15) is 6.04 Å². The zero-order valence-corrected chi connectivity index (χ0v) is 11.5. The van der Waals surface area contributed by atoms with Crippen LogP contribution in [0.1, 0.15) is 39.0 Å². The van der Waals surface area contributed by atoms with Crippen molar-refractivity contribution in [2.45, 2.75) is 45.1 Å². The van der Waals surface area contributed by atoms with E-state index in [-0.39, 0.29) is 6.04 Å². The lowest BCUT2D eigenvalue weighted by molar-refractivity contribution is -0.145. The van der Waals surface area contributed by atoms with Gasteiger partial charge < -0.3 is 10.0 Å². The molecule has 2 fully saturated rings. The van der Waals surface area contributed by atoms with Crippen molar-refractivity contribution >= 4 is 5.97 Å². The molecule has 2 atom stereocenters. The Bertz CT molecular complexity index is 277. The van der Waals surface area contributed by atoms with Gasteiger partial charge >= 0.3 is 5.97 Å². The summed E-state index contributed by atoms with van der Waals surface area (Å²) in [6, 6.07) is -0.244. The predicted molar refractivity (Wildman–Crippen MR) is 71.7 cm³/mol. The lowest BCUT2D eigenvalue weighted by Gasteiger charge is -2.37. The molecule has 0 bridgehead atoms. The molecule has 2 heterocycles. The average molecular weight is 254 g/mol. The van der Waals surface area contributed by atoms with Gasteiger partial charge in [-0.15, -0.1) is 0 Å². The highest BCUT2D eigenvalue weighted by Crippen LogP contribution is 2.25. The highest BCUT2D eigenvalue weighted by Gasteiger charge is 2.32. The first kappa shape index (κ1) is 13.8. The van der Waals surface area contributed by atoms with Gasteiger partial charge in [-0.2, -0.15) is 0 Å². The number of piperidine rings is 1. The van der Waals surface area contributed by atoms with Gasteiger partial charge in [-0.25, -0.2) is 0 Å². The summed E-state index contributed by atoms with van der Waals surface area (Å²) in [6.07, 6.45) is 5.73. The van der Waals surface area contributed by atoms with E-state index in [4.69, 9.17) is 0 Å². The van der Waals surface area contributed by atoms with Gasteiger partial charge in [0.05, 0.1) is 0 Å². The molecule has 0 aromatic heterocycles. The Kier molecular flexibility index (Phi) is 5.01. The zero-order chi connectivity index (χ0) is 13.0. The zero-order valence-electron chi connectivity index (χ0n) is 11.5. The molecule has 0 saturated carbocycles. The van der Waals surface area contributed by atoms with Gasteiger partial charge in [0.15, 0.2) is 0 Å². The van der Waals surface area contributed by atoms with Crippen LogP contribution in [0.3, 0.4) is 0 Å². The van der Waals surface area contributed by atoms with Crippen LogP contribution >= 0.6 is 0 Å². The summed E-state index contributed by atoms with van der Waals surface area (Å²) in [7, 11) is 0. The molecule has 104 valence electrons. The number of hydrogen-bond acceptors (Lipinski definition) is 3. The van der Waals surface area contributed by atoms with Crippen molar-refractivity contribution in [1.29, 1.82) is 0 Å². The Balaban J connectivity index is 1.83. The van der Waals surface area contributed by atoms with E-state index in [1.165, 1.54) is 32.4 Å². The monoisotopic (exact) mass is 254 g/mol. The third kappa shape index (κ3) is 3.45. The molecule has 4 heteroatoms. The first-order chi connectivity index (χ1) is 8.70. The molecule has 0 spiro atoms. The molecule has 0 amide bonds.